The van der Waals surface area contributed by atoms with E-state index >= 15 is 0 Å². The highest BCUT2D eigenvalue weighted by Gasteiger charge is 2.30. The van der Waals surface area contributed by atoms with Gasteiger partial charge in [-0.25, -0.2) is 0 Å². The third-order valence-electron chi connectivity index (χ3n) is 4.56. The van der Waals surface area contributed by atoms with E-state index in [0.717, 1.165) is 48.6 Å². The van der Waals surface area contributed by atoms with Crippen LogP contribution in [-0.4, -0.2) is 27.5 Å². The Morgan fingerprint density at radius 3 is 3.00 bits per heavy atom. The van der Waals surface area contributed by atoms with Gasteiger partial charge in [0.2, 0.25) is 0 Å². The fraction of sp³-hybridized carbons (Fsp3) is 0.316. The Bertz CT molecular complexity index is 829. The number of carbonyl (C=O) groups is 1. The Hall–Kier alpha value is -2.47. The Morgan fingerprint density at radius 2 is 2.20 bits per heavy atom. The number of nitrogens with zero attached hydrogens (tertiary/aromatic N) is 3. The van der Waals surface area contributed by atoms with Gasteiger partial charge >= 0.3 is 0 Å². The lowest BCUT2D eigenvalue weighted by atomic mass is 10.1. The first-order valence-corrected chi connectivity index (χ1v) is 9.42. The molecule has 0 aliphatic carbocycles. The lowest BCUT2D eigenvalue weighted by Crippen LogP contribution is -2.35. The first-order valence-electron chi connectivity index (χ1n) is 8.54. The highest BCUT2D eigenvalue weighted by atomic mass is 32.1. The number of thiophene rings is 1. The van der Waals surface area contributed by atoms with Gasteiger partial charge in [0.15, 0.2) is 5.76 Å². The summed E-state index contributed by atoms with van der Waals surface area (Å²) >= 11 is 1.62. The Balaban J connectivity index is 1.64. The number of amides is 1. The van der Waals surface area contributed by atoms with Crippen LogP contribution in [0.3, 0.4) is 0 Å². The van der Waals surface area contributed by atoms with Gasteiger partial charge in [-0.2, -0.15) is 0 Å². The molecule has 4 heterocycles. The Labute approximate surface area is 150 Å². The van der Waals surface area contributed by atoms with Gasteiger partial charge in [0, 0.05) is 25.0 Å². The molecule has 128 valence electrons. The van der Waals surface area contributed by atoms with Crippen molar-refractivity contribution in [2.24, 2.45) is 0 Å². The second-order valence-electron chi connectivity index (χ2n) is 6.20. The summed E-state index contributed by atoms with van der Waals surface area (Å²) in [5, 5.41) is 6.30. The van der Waals surface area contributed by atoms with Crippen LogP contribution >= 0.6 is 11.3 Å². The minimum absolute atomic E-state index is 0.0145. The van der Waals surface area contributed by atoms with Gasteiger partial charge in [-0.1, -0.05) is 24.1 Å². The molecule has 1 saturated heterocycles. The zero-order chi connectivity index (χ0) is 17.1. The zero-order valence-electron chi connectivity index (χ0n) is 13.8. The molecule has 1 amide bonds. The maximum absolute atomic E-state index is 13.0. The number of hydrogen-bond donors (Lipinski definition) is 0. The molecule has 5 nitrogen and oxygen atoms in total. The van der Waals surface area contributed by atoms with Crippen molar-refractivity contribution in [3.63, 3.8) is 0 Å². The second kappa shape index (κ2) is 7.19. The van der Waals surface area contributed by atoms with Crippen LogP contribution in [0.25, 0.3) is 10.6 Å². The van der Waals surface area contributed by atoms with Crippen LogP contribution in [0.1, 0.15) is 47.8 Å². The fourth-order valence-corrected chi connectivity index (χ4v) is 3.97. The van der Waals surface area contributed by atoms with E-state index in [0.29, 0.717) is 5.56 Å². The van der Waals surface area contributed by atoms with E-state index in [2.05, 4.69) is 10.1 Å². The van der Waals surface area contributed by atoms with Crippen LogP contribution in [0.15, 0.2) is 52.6 Å². The molecule has 0 saturated carbocycles. The van der Waals surface area contributed by atoms with E-state index in [4.69, 9.17) is 4.52 Å². The normalized spacial score (nSPS) is 18.1. The predicted octanol–water partition coefficient (Wildman–Crippen LogP) is 4.56. The average Bonchev–Trinajstić information content (AvgIpc) is 3.29. The SMILES string of the molecule is O=C(c1cccnc1)N1CCCCC[C@@H]1c1cc(-c2cccs2)on1. The third-order valence-corrected chi connectivity index (χ3v) is 5.44. The molecule has 0 N–H and O–H groups in total. The van der Waals surface area contributed by atoms with E-state index < -0.39 is 0 Å². The molecule has 3 aromatic rings. The second-order valence-corrected chi connectivity index (χ2v) is 7.15. The van der Waals surface area contributed by atoms with Crippen molar-refractivity contribution >= 4 is 17.2 Å². The number of likely N-dealkylation sites (tertiary alicyclic amines) is 1. The first-order chi connectivity index (χ1) is 12.3. The van der Waals surface area contributed by atoms with Crippen molar-refractivity contribution < 1.29 is 9.32 Å². The van der Waals surface area contributed by atoms with Gasteiger partial charge in [-0.3, -0.25) is 9.78 Å². The van der Waals surface area contributed by atoms with Gasteiger partial charge in [-0.05, 0) is 36.4 Å². The van der Waals surface area contributed by atoms with Crippen LogP contribution in [0.5, 0.6) is 0 Å². The maximum atomic E-state index is 13.0. The summed E-state index contributed by atoms with van der Waals surface area (Å²) in [5.74, 6) is 0.781. The summed E-state index contributed by atoms with van der Waals surface area (Å²) in [6.45, 7) is 0.736. The number of hydrogen-bond acceptors (Lipinski definition) is 5. The van der Waals surface area contributed by atoms with Crippen molar-refractivity contribution in [3.8, 4) is 10.6 Å². The standard InChI is InChI=1S/C19H19N3O2S/c23-19(14-6-4-9-20-13-14)22-10-3-1-2-7-16(22)15-12-17(24-21-15)18-8-5-11-25-18/h4-6,8-9,11-13,16H,1-3,7,10H2/t16-/m1/s1. The molecule has 0 radical (unpaired) electrons. The van der Waals surface area contributed by atoms with E-state index in [-0.39, 0.29) is 11.9 Å². The molecule has 0 bridgehead atoms. The summed E-state index contributed by atoms with van der Waals surface area (Å²) in [5.41, 5.74) is 1.46. The molecule has 1 aliphatic heterocycles. The molecule has 1 aliphatic rings. The molecular weight excluding hydrogens is 334 g/mol. The summed E-state index contributed by atoms with van der Waals surface area (Å²) in [7, 11) is 0. The van der Waals surface area contributed by atoms with Crippen LogP contribution in [0.4, 0.5) is 0 Å². The van der Waals surface area contributed by atoms with Gasteiger partial charge in [0.05, 0.1) is 16.5 Å². The number of carbonyl (C=O) groups excluding carboxylic acids is 1. The van der Waals surface area contributed by atoms with E-state index in [1.165, 1.54) is 0 Å². The quantitative estimate of drug-likeness (QED) is 0.693. The van der Waals surface area contributed by atoms with E-state index in [1.54, 1.807) is 29.8 Å². The van der Waals surface area contributed by atoms with E-state index in [9.17, 15) is 4.79 Å². The van der Waals surface area contributed by atoms with Crippen LogP contribution in [0, 0.1) is 0 Å². The van der Waals surface area contributed by atoms with Gasteiger partial charge in [-0.15, -0.1) is 11.3 Å². The summed E-state index contributed by atoms with van der Waals surface area (Å²) in [4.78, 5) is 20.1. The van der Waals surface area contributed by atoms with Crippen LogP contribution < -0.4 is 0 Å². The summed E-state index contributed by atoms with van der Waals surface area (Å²) in [6.07, 6.45) is 7.44. The maximum Gasteiger partial charge on any atom is 0.255 e. The fourth-order valence-electron chi connectivity index (χ4n) is 3.29. The molecule has 4 rings (SSSR count). The lowest BCUT2D eigenvalue weighted by molar-refractivity contribution is 0.0673. The molecule has 0 spiro atoms. The highest BCUT2D eigenvalue weighted by molar-refractivity contribution is 7.13. The molecule has 0 aromatic carbocycles. The van der Waals surface area contributed by atoms with Crippen LogP contribution in [-0.2, 0) is 0 Å². The molecule has 6 heteroatoms. The van der Waals surface area contributed by atoms with Crippen molar-refractivity contribution in [1.82, 2.24) is 15.0 Å². The van der Waals surface area contributed by atoms with Crippen LogP contribution in [0.2, 0.25) is 0 Å². The molecule has 0 unspecified atom stereocenters. The molecule has 1 atom stereocenters. The van der Waals surface area contributed by atoms with Gasteiger partial charge in [0.25, 0.3) is 5.91 Å². The number of aromatic nitrogens is 2. The predicted molar refractivity (Wildman–Crippen MR) is 96.3 cm³/mol. The van der Waals surface area contributed by atoms with E-state index in [1.807, 2.05) is 34.5 Å². The summed E-state index contributed by atoms with van der Waals surface area (Å²) < 4.78 is 5.55. The lowest BCUT2D eigenvalue weighted by Gasteiger charge is -2.28. The minimum atomic E-state index is -0.0485. The van der Waals surface area contributed by atoms with Gasteiger partial charge in [0.1, 0.15) is 5.69 Å². The average molecular weight is 353 g/mol. The Kier molecular flexibility index (Phi) is 4.61. The third kappa shape index (κ3) is 3.35. The van der Waals surface area contributed by atoms with Crippen molar-refractivity contribution in [1.29, 1.82) is 0 Å². The van der Waals surface area contributed by atoms with Crippen molar-refractivity contribution in [2.75, 3.05) is 6.54 Å². The first kappa shape index (κ1) is 16.0. The summed E-state index contributed by atoms with van der Waals surface area (Å²) in [6, 6.07) is 9.55. The van der Waals surface area contributed by atoms with Crippen molar-refractivity contribution in [2.45, 2.75) is 31.7 Å². The molecule has 25 heavy (non-hydrogen) atoms. The number of rotatable bonds is 3. The zero-order valence-corrected chi connectivity index (χ0v) is 14.6. The highest BCUT2D eigenvalue weighted by Crippen LogP contribution is 2.34. The minimum Gasteiger partial charge on any atom is -0.355 e. The van der Waals surface area contributed by atoms with Crippen molar-refractivity contribution in [3.05, 3.63) is 59.4 Å². The smallest absolute Gasteiger partial charge is 0.255 e. The Morgan fingerprint density at radius 1 is 1.24 bits per heavy atom. The molecule has 1 fully saturated rings. The molecular formula is C19H19N3O2S. The topological polar surface area (TPSA) is 59.2 Å². The largest absolute Gasteiger partial charge is 0.355 e. The molecule has 3 aromatic heterocycles. The monoisotopic (exact) mass is 353 g/mol. The number of pyridine rings is 1. The van der Waals surface area contributed by atoms with Gasteiger partial charge < -0.3 is 9.42 Å².